The molecule has 0 aliphatic carbocycles. The molecule has 0 saturated heterocycles. The van der Waals surface area contributed by atoms with Crippen molar-refractivity contribution < 1.29 is 33.3 Å². The molecule has 2 aromatic heterocycles. The maximum atomic E-state index is 13.4. The van der Waals surface area contributed by atoms with E-state index in [1.807, 2.05) is 0 Å². The summed E-state index contributed by atoms with van der Waals surface area (Å²) in [6.07, 6.45) is 3.24. The Bertz CT molecular complexity index is 1240. The topological polar surface area (TPSA) is 111 Å². The predicted octanol–water partition coefficient (Wildman–Crippen LogP) is 3.79. The third-order valence-corrected chi connectivity index (χ3v) is 5.59. The number of aliphatic hydroxyl groups excluding tert-OH is 1. The van der Waals surface area contributed by atoms with Crippen molar-refractivity contribution in [3.8, 4) is 17.2 Å². The van der Waals surface area contributed by atoms with Gasteiger partial charge in [0.25, 0.3) is 5.91 Å². The number of aromatic nitrogens is 1. The van der Waals surface area contributed by atoms with Crippen LogP contribution in [0, 0.1) is 6.92 Å². The van der Waals surface area contributed by atoms with Crippen molar-refractivity contribution in [3.05, 3.63) is 82.8 Å². The number of aliphatic hydroxyl groups is 1. The average molecular weight is 464 g/mol. The van der Waals surface area contributed by atoms with E-state index in [2.05, 4.69) is 4.98 Å². The molecule has 1 aliphatic rings. The Morgan fingerprint density at radius 1 is 1.12 bits per heavy atom. The van der Waals surface area contributed by atoms with E-state index in [0.29, 0.717) is 28.6 Å². The number of aryl methyl sites for hydroxylation is 1. The van der Waals surface area contributed by atoms with Gasteiger partial charge < -0.3 is 28.6 Å². The highest BCUT2D eigenvalue weighted by Crippen LogP contribution is 2.46. The van der Waals surface area contributed by atoms with Crippen LogP contribution in [0.5, 0.6) is 17.2 Å². The highest BCUT2D eigenvalue weighted by atomic mass is 16.5. The lowest BCUT2D eigenvalue weighted by Crippen LogP contribution is -2.30. The number of benzene rings is 1. The lowest BCUT2D eigenvalue weighted by Gasteiger charge is -2.27. The van der Waals surface area contributed by atoms with Gasteiger partial charge in [0.15, 0.2) is 23.0 Å². The molecule has 0 radical (unpaired) electrons. The molecule has 176 valence electrons. The van der Waals surface area contributed by atoms with E-state index < -0.39 is 23.5 Å². The van der Waals surface area contributed by atoms with E-state index in [4.69, 9.17) is 18.6 Å². The second-order valence-electron chi connectivity index (χ2n) is 7.66. The van der Waals surface area contributed by atoms with Gasteiger partial charge in [0.05, 0.1) is 32.9 Å². The van der Waals surface area contributed by atoms with Gasteiger partial charge in [0, 0.05) is 18.9 Å². The molecule has 1 N–H and O–H groups in total. The van der Waals surface area contributed by atoms with E-state index in [-0.39, 0.29) is 17.9 Å². The van der Waals surface area contributed by atoms with E-state index in [9.17, 15) is 14.7 Å². The van der Waals surface area contributed by atoms with Gasteiger partial charge in [0.2, 0.25) is 11.5 Å². The van der Waals surface area contributed by atoms with Crippen LogP contribution in [0.25, 0.3) is 0 Å². The van der Waals surface area contributed by atoms with Crippen LogP contribution < -0.4 is 14.2 Å². The van der Waals surface area contributed by atoms with Crippen LogP contribution in [0.4, 0.5) is 0 Å². The Kier molecular flexibility index (Phi) is 6.27. The van der Waals surface area contributed by atoms with Crippen LogP contribution in [-0.4, -0.2) is 48.0 Å². The van der Waals surface area contributed by atoms with Gasteiger partial charge in [-0.2, -0.15) is 0 Å². The van der Waals surface area contributed by atoms with Crippen molar-refractivity contribution >= 4 is 11.7 Å². The number of carbonyl (C=O) groups is 2. The number of hydrogen-bond acceptors (Lipinski definition) is 8. The first-order valence-electron chi connectivity index (χ1n) is 10.4. The Balaban J connectivity index is 1.88. The van der Waals surface area contributed by atoms with Gasteiger partial charge in [-0.15, -0.1) is 0 Å². The highest BCUT2D eigenvalue weighted by molar-refractivity contribution is 6.15. The number of pyridine rings is 1. The van der Waals surface area contributed by atoms with Gasteiger partial charge in [-0.05, 0) is 48.4 Å². The molecule has 4 rings (SSSR count). The van der Waals surface area contributed by atoms with Gasteiger partial charge >= 0.3 is 0 Å². The number of carbonyl (C=O) groups excluding carboxylic acids is 2. The first-order chi connectivity index (χ1) is 16.4. The minimum atomic E-state index is -0.945. The maximum Gasteiger partial charge on any atom is 0.290 e. The second-order valence-corrected chi connectivity index (χ2v) is 7.66. The van der Waals surface area contributed by atoms with Crippen LogP contribution in [0.1, 0.15) is 33.5 Å². The molecule has 34 heavy (non-hydrogen) atoms. The lowest BCUT2D eigenvalue weighted by atomic mass is 9.94. The Morgan fingerprint density at radius 3 is 2.35 bits per heavy atom. The summed E-state index contributed by atoms with van der Waals surface area (Å²) in [5, 5.41) is 10.9. The molecule has 9 nitrogen and oxygen atoms in total. The Morgan fingerprint density at radius 2 is 1.82 bits per heavy atom. The monoisotopic (exact) mass is 464 g/mol. The molecule has 0 saturated carbocycles. The van der Waals surface area contributed by atoms with Crippen LogP contribution >= 0.6 is 0 Å². The third-order valence-electron chi connectivity index (χ3n) is 5.59. The molecule has 9 heteroatoms. The van der Waals surface area contributed by atoms with Gasteiger partial charge in [-0.25, -0.2) is 0 Å². The molecule has 0 fully saturated rings. The van der Waals surface area contributed by atoms with Crippen molar-refractivity contribution in [2.45, 2.75) is 19.5 Å². The predicted molar refractivity (Wildman–Crippen MR) is 121 cm³/mol. The summed E-state index contributed by atoms with van der Waals surface area (Å²) in [5.74, 6) is -0.311. The van der Waals surface area contributed by atoms with Crippen LogP contribution in [0.15, 0.2) is 64.5 Å². The third kappa shape index (κ3) is 3.96. The fourth-order valence-corrected chi connectivity index (χ4v) is 4.03. The highest BCUT2D eigenvalue weighted by Gasteiger charge is 2.45. The number of methoxy groups -OCH3 is 3. The van der Waals surface area contributed by atoms with E-state index in [1.54, 1.807) is 49.6 Å². The minimum absolute atomic E-state index is 0.0209. The quantitative estimate of drug-likeness (QED) is 0.501. The molecular weight excluding hydrogens is 440 g/mol. The van der Waals surface area contributed by atoms with E-state index in [1.165, 1.54) is 32.3 Å². The van der Waals surface area contributed by atoms with Crippen LogP contribution in [0.2, 0.25) is 0 Å². The Hall–Kier alpha value is -4.27. The summed E-state index contributed by atoms with van der Waals surface area (Å²) in [7, 11) is 4.42. The fraction of sp³-hybridized carbons (Fsp3) is 0.240. The zero-order chi connectivity index (χ0) is 24.4. The molecule has 1 aromatic carbocycles. The number of amides is 1. The zero-order valence-electron chi connectivity index (χ0n) is 19.2. The summed E-state index contributed by atoms with van der Waals surface area (Å²) in [5.41, 5.74) is 1.11. The normalized spacial score (nSPS) is 15.6. The summed E-state index contributed by atoms with van der Waals surface area (Å²) in [4.78, 5) is 32.1. The van der Waals surface area contributed by atoms with Crippen molar-refractivity contribution in [1.29, 1.82) is 0 Å². The molecule has 1 amide bonds. The lowest BCUT2D eigenvalue weighted by molar-refractivity contribution is -0.130. The summed E-state index contributed by atoms with van der Waals surface area (Å²) >= 11 is 0. The number of hydrogen-bond donors (Lipinski definition) is 1. The van der Waals surface area contributed by atoms with Gasteiger partial charge in [-0.1, -0.05) is 6.07 Å². The molecular formula is C25H24N2O7. The summed E-state index contributed by atoms with van der Waals surface area (Å²) in [6, 6.07) is 9.06. The van der Waals surface area contributed by atoms with Crippen molar-refractivity contribution in [3.63, 3.8) is 0 Å². The first-order valence-corrected chi connectivity index (χ1v) is 10.4. The number of rotatable bonds is 8. The standard InChI is InChI=1S/C25H24N2O7/c1-14-7-8-17(34-14)22(28)20-21(16-10-18(31-2)24(33-4)19(11-16)32-3)27(25(30)23(20)29)13-15-6-5-9-26-12-15/h5-12,21,29H,13H2,1-4H3/t21-/m1/s1. The molecule has 0 unspecified atom stereocenters. The van der Waals surface area contributed by atoms with Crippen LogP contribution in [0.3, 0.4) is 0 Å². The number of ketones is 1. The van der Waals surface area contributed by atoms with Gasteiger partial charge in [0.1, 0.15) is 5.76 Å². The van der Waals surface area contributed by atoms with Crippen molar-refractivity contribution in [1.82, 2.24) is 9.88 Å². The van der Waals surface area contributed by atoms with E-state index in [0.717, 1.165) is 5.56 Å². The van der Waals surface area contributed by atoms with E-state index >= 15 is 0 Å². The summed E-state index contributed by atoms with van der Waals surface area (Å²) in [6.45, 7) is 1.81. The average Bonchev–Trinajstić information content (AvgIpc) is 3.40. The molecule has 1 atom stereocenters. The van der Waals surface area contributed by atoms with Crippen molar-refractivity contribution in [2.75, 3.05) is 21.3 Å². The molecule has 3 aromatic rings. The van der Waals surface area contributed by atoms with Crippen molar-refractivity contribution in [2.24, 2.45) is 0 Å². The minimum Gasteiger partial charge on any atom is -0.503 e. The number of Topliss-reactive ketones (excluding diaryl/α,β-unsaturated/α-hetero) is 1. The maximum absolute atomic E-state index is 13.4. The molecule has 0 bridgehead atoms. The molecule has 3 heterocycles. The fourth-order valence-electron chi connectivity index (χ4n) is 4.03. The van der Waals surface area contributed by atoms with Gasteiger partial charge in [-0.3, -0.25) is 14.6 Å². The summed E-state index contributed by atoms with van der Waals surface area (Å²) < 4.78 is 21.8. The largest absolute Gasteiger partial charge is 0.503 e. The smallest absolute Gasteiger partial charge is 0.290 e. The van der Waals surface area contributed by atoms with Crippen LogP contribution in [-0.2, 0) is 11.3 Å². The molecule has 1 aliphatic heterocycles. The molecule has 0 spiro atoms. The zero-order valence-corrected chi connectivity index (χ0v) is 19.2. The first kappa shape index (κ1) is 22.9. The second kappa shape index (κ2) is 9.30. The number of furan rings is 1. The number of ether oxygens (including phenoxy) is 3. The Labute approximate surface area is 196 Å². The number of nitrogens with zero attached hydrogens (tertiary/aromatic N) is 2. The SMILES string of the molecule is COc1cc([C@@H]2C(C(=O)c3ccc(C)o3)=C(O)C(=O)N2Cc2cccnc2)cc(OC)c1OC.